The van der Waals surface area contributed by atoms with E-state index >= 15 is 0 Å². The Morgan fingerprint density at radius 2 is 2.00 bits per heavy atom. The van der Waals surface area contributed by atoms with E-state index in [-0.39, 0.29) is 39.8 Å². The zero-order valence-electron chi connectivity index (χ0n) is 19.7. The van der Waals surface area contributed by atoms with E-state index in [0.717, 1.165) is 5.56 Å². The molecule has 0 saturated carbocycles. The molecule has 0 radical (unpaired) electrons. The molecule has 36 heavy (non-hydrogen) atoms. The van der Waals surface area contributed by atoms with Crippen molar-refractivity contribution in [3.8, 4) is 6.07 Å². The summed E-state index contributed by atoms with van der Waals surface area (Å²) < 4.78 is 8.45. The molecule has 0 saturated heterocycles. The average molecular weight is 486 g/mol. The number of nitriles is 1. The molecule has 3 aromatic heterocycles. The summed E-state index contributed by atoms with van der Waals surface area (Å²) in [5, 5.41) is 21.0. The maximum absolute atomic E-state index is 13.3. The number of nitro benzene ring substituents is 1. The van der Waals surface area contributed by atoms with E-state index in [1.807, 2.05) is 26.0 Å². The Bertz CT molecular complexity index is 1660. The van der Waals surface area contributed by atoms with Crippen LogP contribution in [0.25, 0.3) is 16.7 Å². The summed E-state index contributed by atoms with van der Waals surface area (Å²) in [5.74, 6) is -0.687. The second-order valence-corrected chi connectivity index (χ2v) is 7.96. The lowest BCUT2D eigenvalue weighted by Crippen LogP contribution is -2.30. The minimum absolute atomic E-state index is 0.0284. The van der Waals surface area contributed by atoms with Crippen LogP contribution in [-0.4, -0.2) is 38.0 Å². The van der Waals surface area contributed by atoms with Crippen LogP contribution in [0.15, 0.2) is 58.4 Å². The zero-order valence-corrected chi connectivity index (χ0v) is 19.7. The number of nitrogens with zero attached hydrogens (tertiary/aromatic N) is 6. The summed E-state index contributed by atoms with van der Waals surface area (Å²) in [6.45, 7) is 4.94. The van der Waals surface area contributed by atoms with Crippen molar-refractivity contribution in [2.75, 3.05) is 13.2 Å². The van der Waals surface area contributed by atoms with E-state index in [4.69, 9.17) is 9.72 Å². The molecule has 11 nitrogen and oxygen atoms in total. The van der Waals surface area contributed by atoms with Crippen LogP contribution in [0, 0.1) is 28.4 Å². The lowest BCUT2D eigenvalue weighted by molar-refractivity contribution is -0.384. The highest BCUT2D eigenvalue weighted by Gasteiger charge is 2.16. The number of hydrogen-bond donors (Lipinski definition) is 0. The van der Waals surface area contributed by atoms with Crippen molar-refractivity contribution in [2.45, 2.75) is 26.8 Å². The van der Waals surface area contributed by atoms with Crippen molar-refractivity contribution in [1.29, 1.82) is 5.26 Å². The molecule has 0 atom stereocenters. The van der Waals surface area contributed by atoms with Gasteiger partial charge in [-0.15, -0.1) is 0 Å². The van der Waals surface area contributed by atoms with Crippen LogP contribution in [0.3, 0.4) is 0 Å². The summed E-state index contributed by atoms with van der Waals surface area (Å²) >= 11 is 0. The standard InChI is InChI=1S/C25H22N6O5/c1-3-36-13-5-12-29-22(28-24(32)17-7-9-19(10-8-17)31(34)35)18(15-26)14-20-23(29)27-21-16(2)6-4-11-30(21)25(20)33/h4,6-11,14H,3,5,12-13H2,1-2H3. The van der Waals surface area contributed by atoms with Crippen LogP contribution < -0.4 is 11.0 Å². The summed E-state index contributed by atoms with van der Waals surface area (Å²) in [7, 11) is 0. The third-order valence-electron chi connectivity index (χ3n) is 5.63. The Kier molecular flexibility index (Phi) is 6.98. The van der Waals surface area contributed by atoms with Crippen molar-refractivity contribution in [3.63, 3.8) is 0 Å². The molecule has 3 heterocycles. The van der Waals surface area contributed by atoms with Gasteiger partial charge in [0.1, 0.15) is 17.4 Å². The molecule has 11 heteroatoms. The van der Waals surface area contributed by atoms with Crippen molar-refractivity contribution in [2.24, 2.45) is 4.99 Å². The van der Waals surface area contributed by atoms with E-state index in [1.54, 1.807) is 16.8 Å². The normalized spacial score (nSPS) is 11.6. The number of aromatic nitrogens is 3. The van der Waals surface area contributed by atoms with Gasteiger partial charge < -0.3 is 9.30 Å². The Morgan fingerprint density at radius 1 is 1.25 bits per heavy atom. The fourth-order valence-corrected chi connectivity index (χ4v) is 3.86. The van der Waals surface area contributed by atoms with Crippen LogP contribution in [-0.2, 0) is 11.3 Å². The maximum Gasteiger partial charge on any atom is 0.279 e. The predicted octanol–water partition coefficient (Wildman–Crippen LogP) is 2.91. The molecule has 0 unspecified atom stereocenters. The first-order valence-electron chi connectivity index (χ1n) is 11.2. The molecule has 0 aliphatic rings. The van der Waals surface area contributed by atoms with Gasteiger partial charge >= 0.3 is 0 Å². The number of carbonyl (C=O) groups is 1. The summed E-state index contributed by atoms with van der Waals surface area (Å²) in [5.41, 5.74) is 1.21. The van der Waals surface area contributed by atoms with Gasteiger partial charge in [0.25, 0.3) is 17.2 Å². The van der Waals surface area contributed by atoms with Crippen molar-refractivity contribution < 1.29 is 14.5 Å². The number of nitro groups is 1. The van der Waals surface area contributed by atoms with Gasteiger partial charge in [0.05, 0.1) is 15.9 Å². The number of hydrogen-bond acceptors (Lipinski definition) is 7. The molecule has 0 aliphatic heterocycles. The van der Waals surface area contributed by atoms with Crippen molar-refractivity contribution >= 4 is 28.3 Å². The number of benzene rings is 1. The van der Waals surface area contributed by atoms with Gasteiger partial charge in [-0.3, -0.25) is 24.1 Å². The molecular weight excluding hydrogens is 464 g/mol. The number of ether oxygens (including phenoxy) is 1. The van der Waals surface area contributed by atoms with Gasteiger partial charge in [-0.05, 0) is 50.1 Å². The number of pyridine rings is 2. The lowest BCUT2D eigenvalue weighted by Gasteiger charge is -2.14. The van der Waals surface area contributed by atoms with Crippen LogP contribution >= 0.6 is 0 Å². The highest BCUT2D eigenvalue weighted by molar-refractivity contribution is 5.95. The second kappa shape index (κ2) is 10.3. The number of aryl methyl sites for hydroxylation is 2. The topological polar surface area (TPSA) is 145 Å². The monoisotopic (exact) mass is 486 g/mol. The van der Waals surface area contributed by atoms with Crippen molar-refractivity contribution in [1.82, 2.24) is 14.0 Å². The summed E-state index contributed by atoms with van der Waals surface area (Å²) in [6.07, 6.45) is 2.13. The summed E-state index contributed by atoms with van der Waals surface area (Å²) in [4.78, 5) is 45.6. The SMILES string of the molecule is CCOCCCn1c(=NC(=O)c2ccc([N+](=O)[O-])cc2)c(C#N)cc2c(=O)n3cccc(C)c3nc21. The largest absolute Gasteiger partial charge is 0.382 e. The number of rotatable bonds is 7. The first-order valence-corrected chi connectivity index (χ1v) is 11.2. The molecule has 0 fully saturated rings. The summed E-state index contributed by atoms with van der Waals surface area (Å²) in [6, 6.07) is 12.0. The van der Waals surface area contributed by atoms with Crippen LogP contribution in [0.1, 0.15) is 34.8 Å². The Balaban J connectivity index is 1.99. The Morgan fingerprint density at radius 3 is 2.67 bits per heavy atom. The van der Waals surface area contributed by atoms with Crippen LogP contribution in [0.2, 0.25) is 0 Å². The van der Waals surface area contributed by atoms with Gasteiger partial charge in [-0.25, -0.2) is 4.98 Å². The van der Waals surface area contributed by atoms with Gasteiger partial charge in [0.15, 0.2) is 5.49 Å². The molecule has 0 N–H and O–H groups in total. The van der Waals surface area contributed by atoms with E-state index < -0.39 is 10.8 Å². The van der Waals surface area contributed by atoms with Gasteiger partial charge in [0, 0.05) is 43.7 Å². The van der Waals surface area contributed by atoms with Crippen molar-refractivity contribution in [3.05, 3.63) is 91.3 Å². The number of fused-ring (bicyclic) bond motifs is 2. The fourth-order valence-electron chi connectivity index (χ4n) is 3.86. The first kappa shape index (κ1) is 24.4. The van der Waals surface area contributed by atoms with E-state index in [9.17, 15) is 25.0 Å². The molecule has 4 rings (SSSR count). The Hall–Kier alpha value is -4.69. The molecule has 0 bridgehead atoms. The molecule has 182 valence electrons. The van der Waals surface area contributed by atoms with Gasteiger partial charge in [0.2, 0.25) is 0 Å². The van der Waals surface area contributed by atoms with E-state index in [0.29, 0.717) is 30.9 Å². The minimum atomic E-state index is -0.687. The highest BCUT2D eigenvalue weighted by Crippen LogP contribution is 2.15. The minimum Gasteiger partial charge on any atom is -0.382 e. The molecule has 0 aliphatic carbocycles. The Labute approximate surface area is 204 Å². The zero-order chi connectivity index (χ0) is 25.8. The molecule has 1 amide bonds. The molecule has 4 aromatic rings. The number of amides is 1. The first-order chi connectivity index (χ1) is 17.3. The third kappa shape index (κ3) is 4.62. The van der Waals surface area contributed by atoms with Crippen LogP contribution in [0.4, 0.5) is 5.69 Å². The van der Waals surface area contributed by atoms with Crippen LogP contribution in [0.5, 0.6) is 0 Å². The van der Waals surface area contributed by atoms with E-state index in [2.05, 4.69) is 4.99 Å². The number of carbonyl (C=O) groups excluding carboxylic acids is 1. The highest BCUT2D eigenvalue weighted by atomic mass is 16.6. The predicted molar refractivity (Wildman–Crippen MR) is 131 cm³/mol. The maximum atomic E-state index is 13.3. The average Bonchev–Trinajstić information content (AvgIpc) is 2.88. The van der Waals surface area contributed by atoms with Gasteiger partial charge in [-0.1, -0.05) is 6.07 Å². The number of non-ortho nitro benzene ring substituents is 1. The van der Waals surface area contributed by atoms with E-state index in [1.165, 1.54) is 34.7 Å². The quantitative estimate of drug-likeness (QED) is 0.169. The molecular formula is C25H22N6O5. The molecule has 1 aromatic carbocycles. The lowest BCUT2D eigenvalue weighted by atomic mass is 10.2. The smallest absolute Gasteiger partial charge is 0.279 e. The second-order valence-electron chi connectivity index (χ2n) is 7.96. The third-order valence-corrected chi connectivity index (χ3v) is 5.63. The molecule has 0 spiro atoms. The van der Waals surface area contributed by atoms with Gasteiger partial charge in [-0.2, -0.15) is 10.3 Å². The fraction of sp³-hybridized carbons (Fsp3) is 0.240.